The van der Waals surface area contributed by atoms with Gasteiger partial charge >= 0.3 is 0 Å². The fraction of sp³-hybridized carbons (Fsp3) is 0.579. The van der Waals surface area contributed by atoms with Gasteiger partial charge in [0.15, 0.2) is 6.61 Å². The standard InChI is InChI=1S/C19H29BrN2O2/c1-6-8-9-15(7-2)21-22-18(23)13-24-17-11-10-14(12-16(17)20)19(3,4)5/h10-12H,6-9,13H2,1-5H3,(H,22,23)/b21-15+. The molecule has 0 aliphatic heterocycles. The van der Waals surface area contributed by atoms with Crippen molar-refractivity contribution < 1.29 is 9.53 Å². The lowest BCUT2D eigenvalue weighted by molar-refractivity contribution is -0.123. The van der Waals surface area contributed by atoms with Gasteiger partial charge in [0.1, 0.15) is 5.75 Å². The molecule has 1 N–H and O–H groups in total. The summed E-state index contributed by atoms with van der Waals surface area (Å²) >= 11 is 3.51. The van der Waals surface area contributed by atoms with Gasteiger partial charge in [-0.2, -0.15) is 5.10 Å². The zero-order valence-electron chi connectivity index (χ0n) is 15.4. The normalized spacial score (nSPS) is 12.2. The van der Waals surface area contributed by atoms with Crippen LogP contribution in [0.25, 0.3) is 0 Å². The van der Waals surface area contributed by atoms with E-state index < -0.39 is 0 Å². The number of carbonyl (C=O) groups excluding carboxylic acids is 1. The summed E-state index contributed by atoms with van der Waals surface area (Å²) in [4.78, 5) is 11.9. The smallest absolute Gasteiger partial charge is 0.277 e. The van der Waals surface area contributed by atoms with Crippen LogP contribution in [0.15, 0.2) is 27.8 Å². The first-order chi connectivity index (χ1) is 11.3. The molecule has 0 saturated carbocycles. The summed E-state index contributed by atoms with van der Waals surface area (Å²) in [5.41, 5.74) is 4.87. The summed E-state index contributed by atoms with van der Waals surface area (Å²) in [6.07, 6.45) is 3.98. The van der Waals surface area contributed by atoms with Gasteiger partial charge in [0.2, 0.25) is 0 Å². The maximum atomic E-state index is 11.9. The first-order valence-electron chi connectivity index (χ1n) is 8.55. The summed E-state index contributed by atoms with van der Waals surface area (Å²) in [5, 5.41) is 4.19. The van der Waals surface area contributed by atoms with Gasteiger partial charge in [-0.15, -0.1) is 0 Å². The Labute approximate surface area is 154 Å². The molecule has 0 atom stereocenters. The average Bonchev–Trinajstić information content (AvgIpc) is 2.53. The maximum Gasteiger partial charge on any atom is 0.277 e. The van der Waals surface area contributed by atoms with Crippen molar-refractivity contribution in [2.45, 2.75) is 65.7 Å². The van der Waals surface area contributed by atoms with Gasteiger partial charge in [0, 0.05) is 5.71 Å². The van der Waals surface area contributed by atoms with Crippen molar-refractivity contribution >= 4 is 27.5 Å². The van der Waals surface area contributed by atoms with E-state index >= 15 is 0 Å². The number of hydrogen-bond donors (Lipinski definition) is 1. The Bertz CT molecular complexity index is 577. The second kappa shape index (κ2) is 9.82. The molecular formula is C19H29BrN2O2. The Hall–Kier alpha value is -1.36. The molecule has 0 spiro atoms. The topological polar surface area (TPSA) is 50.7 Å². The number of hydrogen-bond acceptors (Lipinski definition) is 3. The fourth-order valence-corrected chi connectivity index (χ4v) is 2.59. The SMILES string of the molecule is CCCC/C(CC)=N/NC(=O)COc1ccc(C(C)(C)C)cc1Br. The molecule has 0 aromatic heterocycles. The molecule has 0 fully saturated rings. The Morgan fingerprint density at radius 3 is 2.54 bits per heavy atom. The van der Waals surface area contributed by atoms with Crippen molar-refractivity contribution in [1.82, 2.24) is 5.43 Å². The maximum absolute atomic E-state index is 11.9. The van der Waals surface area contributed by atoms with E-state index in [4.69, 9.17) is 4.74 Å². The lowest BCUT2D eigenvalue weighted by Crippen LogP contribution is -2.26. The van der Waals surface area contributed by atoms with Crippen molar-refractivity contribution in [3.8, 4) is 5.75 Å². The number of unbranched alkanes of at least 4 members (excludes halogenated alkanes) is 1. The van der Waals surface area contributed by atoms with Crippen LogP contribution < -0.4 is 10.2 Å². The van der Waals surface area contributed by atoms with Crippen molar-refractivity contribution in [3.05, 3.63) is 28.2 Å². The molecule has 0 saturated heterocycles. The van der Waals surface area contributed by atoms with Gasteiger partial charge in [0.25, 0.3) is 5.91 Å². The van der Waals surface area contributed by atoms with E-state index in [9.17, 15) is 4.79 Å². The highest BCUT2D eigenvalue weighted by atomic mass is 79.9. The first kappa shape index (κ1) is 20.7. The van der Waals surface area contributed by atoms with Crippen molar-refractivity contribution in [1.29, 1.82) is 0 Å². The number of halogens is 1. The second-order valence-electron chi connectivity index (χ2n) is 6.85. The molecule has 0 aliphatic rings. The Balaban J connectivity index is 2.57. The highest BCUT2D eigenvalue weighted by Crippen LogP contribution is 2.31. The molecule has 0 heterocycles. The van der Waals surface area contributed by atoms with Crippen LogP contribution in [0.1, 0.15) is 65.9 Å². The van der Waals surface area contributed by atoms with Crippen LogP contribution in [0.4, 0.5) is 0 Å². The van der Waals surface area contributed by atoms with E-state index in [-0.39, 0.29) is 17.9 Å². The van der Waals surface area contributed by atoms with Crippen LogP contribution in [-0.2, 0) is 10.2 Å². The molecule has 0 aliphatic carbocycles. The molecule has 24 heavy (non-hydrogen) atoms. The molecule has 0 bridgehead atoms. The number of nitrogens with zero attached hydrogens (tertiary/aromatic N) is 1. The van der Waals surface area contributed by atoms with E-state index in [1.165, 1.54) is 5.56 Å². The van der Waals surface area contributed by atoms with Crippen LogP contribution in [0, 0.1) is 0 Å². The molecule has 134 valence electrons. The Kier molecular flexibility index (Phi) is 8.46. The van der Waals surface area contributed by atoms with Crippen molar-refractivity contribution in [3.63, 3.8) is 0 Å². The first-order valence-corrected chi connectivity index (χ1v) is 9.34. The lowest BCUT2D eigenvalue weighted by Gasteiger charge is -2.20. The summed E-state index contributed by atoms with van der Waals surface area (Å²) in [5.74, 6) is 0.410. The van der Waals surface area contributed by atoms with E-state index in [2.05, 4.69) is 54.2 Å². The van der Waals surface area contributed by atoms with E-state index in [1.807, 2.05) is 25.1 Å². The van der Waals surface area contributed by atoms with Gasteiger partial charge in [0.05, 0.1) is 4.47 Å². The van der Waals surface area contributed by atoms with Gasteiger partial charge < -0.3 is 4.74 Å². The number of benzene rings is 1. The molecule has 1 rings (SSSR count). The van der Waals surface area contributed by atoms with E-state index in [0.717, 1.165) is 35.9 Å². The van der Waals surface area contributed by atoms with Crippen molar-refractivity contribution in [2.75, 3.05) is 6.61 Å². The molecule has 1 aromatic rings. The lowest BCUT2D eigenvalue weighted by atomic mass is 9.87. The predicted molar refractivity (Wildman–Crippen MR) is 104 cm³/mol. The molecule has 5 heteroatoms. The van der Waals surface area contributed by atoms with Gasteiger partial charge in [-0.25, -0.2) is 5.43 Å². The monoisotopic (exact) mass is 396 g/mol. The third-order valence-corrected chi connectivity index (χ3v) is 4.34. The minimum Gasteiger partial charge on any atom is -0.483 e. The second-order valence-corrected chi connectivity index (χ2v) is 7.71. The minimum atomic E-state index is -0.246. The van der Waals surface area contributed by atoms with Crippen LogP contribution in [-0.4, -0.2) is 18.2 Å². The third-order valence-electron chi connectivity index (χ3n) is 3.72. The van der Waals surface area contributed by atoms with Gasteiger partial charge in [-0.05, 0) is 58.3 Å². The van der Waals surface area contributed by atoms with Crippen LogP contribution in [0.3, 0.4) is 0 Å². The van der Waals surface area contributed by atoms with Gasteiger partial charge in [-0.3, -0.25) is 4.79 Å². The highest BCUT2D eigenvalue weighted by Gasteiger charge is 2.15. The number of nitrogens with one attached hydrogen (secondary N) is 1. The third kappa shape index (κ3) is 7.04. The molecular weight excluding hydrogens is 368 g/mol. The average molecular weight is 397 g/mol. The zero-order valence-corrected chi connectivity index (χ0v) is 17.0. The molecule has 1 aromatic carbocycles. The number of hydrazone groups is 1. The van der Waals surface area contributed by atoms with E-state index in [0.29, 0.717) is 5.75 Å². The number of carbonyl (C=O) groups is 1. The van der Waals surface area contributed by atoms with Crippen LogP contribution in [0.2, 0.25) is 0 Å². The summed E-state index contributed by atoms with van der Waals surface area (Å²) in [6.45, 7) is 10.6. The van der Waals surface area contributed by atoms with Crippen LogP contribution >= 0.6 is 15.9 Å². The molecule has 0 unspecified atom stereocenters. The highest BCUT2D eigenvalue weighted by molar-refractivity contribution is 9.10. The quantitative estimate of drug-likeness (QED) is 0.484. The summed E-state index contributed by atoms with van der Waals surface area (Å²) in [7, 11) is 0. The Morgan fingerprint density at radius 1 is 1.29 bits per heavy atom. The minimum absolute atomic E-state index is 0.0538. The number of ether oxygens (including phenoxy) is 1. The molecule has 4 nitrogen and oxygen atoms in total. The van der Waals surface area contributed by atoms with E-state index in [1.54, 1.807) is 0 Å². The largest absolute Gasteiger partial charge is 0.483 e. The zero-order chi connectivity index (χ0) is 18.2. The predicted octanol–water partition coefficient (Wildman–Crippen LogP) is 5.20. The fourth-order valence-electron chi connectivity index (χ4n) is 2.09. The van der Waals surface area contributed by atoms with Crippen molar-refractivity contribution in [2.24, 2.45) is 5.10 Å². The summed E-state index contributed by atoms with van der Waals surface area (Å²) in [6, 6.07) is 5.95. The molecule has 1 amide bonds. The number of rotatable bonds is 8. The van der Waals surface area contributed by atoms with Crippen LogP contribution in [0.5, 0.6) is 5.75 Å². The van der Waals surface area contributed by atoms with Gasteiger partial charge in [-0.1, -0.05) is 47.1 Å². The Morgan fingerprint density at radius 2 is 2.00 bits per heavy atom. The summed E-state index contributed by atoms with van der Waals surface area (Å²) < 4.78 is 6.44. The number of amides is 1. The molecule has 0 radical (unpaired) electrons.